The maximum Gasteiger partial charge on any atom is 0.166 e. The molecule has 1 heterocycles. The Morgan fingerprint density at radius 1 is 0.853 bits per heavy atom. The molecule has 4 rings (SSSR count). The van der Waals surface area contributed by atoms with Gasteiger partial charge in [-0.05, 0) is 67.7 Å². The van der Waals surface area contributed by atoms with E-state index in [0.717, 1.165) is 41.2 Å². The largest absolute Gasteiger partial charge is 0.497 e. The van der Waals surface area contributed by atoms with Crippen LogP contribution in [0.15, 0.2) is 78.9 Å². The minimum absolute atomic E-state index is 0.0535. The van der Waals surface area contributed by atoms with Gasteiger partial charge in [-0.15, -0.1) is 0 Å². The lowest BCUT2D eigenvalue weighted by molar-refractivity contribution is 0.0904. The number of likely N-dealkylation sites (tertiary alicyclic amines) is 1. The van der Waals surface area contributed by atoms with Gasteiger partial charge in [0, 0.05) is 23.9 Å². The van der Waals surface area contributed by atoms with Gasteiger partial charge in [0.25, 0.3) is 0 Å². The number of nitrogens with zero attached hydrogens (tertiary/aromatic N) is 1. The molecular formula is C30H35NO3. The van der Waals surface area contributed by atoms with E-state index in [9.17, 15) is 4.79 Å². The van der Waals surface area contributed by atoms with Crippen LogP contribution >= 0.6 is 0 Å². The van der Waals surface area contributed by atoms with Gasteiger partial charge in [0.15, 0.2) is 5.78 Å². The summed E-state index contributed by atoms with van der Waals surface area (Å²) in [5, 5.41) is 0. The molecule has 4 nitrogen and oxygen atoms in total. The second kappa shape index (κ2) is 11.8. The van der Waals surface area contributed by atoms with Crippen molar-refractivity contribution >= 4 is 5.78 Å². The van der Waals surface area contributed by atoms with Crippen LogP contribution in [0.1, 0.15) is 53.6 Å². The van der Waals surface area contributed by atoms with Gasteiger partial charge in [0.05, 0.1) is 7.11 Å². The van der Waals surface area contributed by atoms with Gasteiger partial charge in [0.2, 0.25) is 0 Å². The number of hydrogen-bond donors (Lipinski definition) is 0. The van der Waals surface area contributed by atoms with E-state index in [1.807, 2.05) is 54.6 Å². The fraction of sp³-hybridized carbons (Fsp3) is 0.367. The summed E-state index contributed by atoms with van der Waals surface area (Å²) in [7, 11) is 1.67. The number of carbonyl (C=O) groups excluding carboxylic acids is 1. The van der Waals surface area contributed by atoms with Crippen LogP contribution in [0.5, 0.6) is 11.5 Å². The Morgan fingerprint density at radius 3 is 2.00 bits per heavy atom. The Morgan fingerprint density at radius 2 is 1.44 bits per heavy atom. The molecule has 0 N–H and O–H groups in total. The molecular weight excluding hydrogens is 422 g/mol. The van der Waals surface area contributed by atoms with E-state index in [-0.39, 0.29) is 17.6 Å². The average molecular weight is 458 g/mol. The predicted molar refractivity (Wildman–Crippen MR) is 137 cm³/mol. The van der Waals surface area contributed by atoms with Gasteiger partial charge in [-0.3, -0.25) is 9.69 Å². The zero-order valence-electron chi connectivity index (χ0n) is 20.3. The molecule has 1 saturated heterocycles. The number of ether oxygens (including phenoxy) is 2. The lowest BCUT2D eigenvalue weighted by Gasteiger charge is -2.27. The predicted octanol–water partition coefficient (Wildman–Crippen LogP) is 6.21. The molecule has 0 saturated carbocycles. The Balaban J connectivity index is 1.57. The van der Waals surface area contributed by atoms with Crippen molar-refractivity contribution in [3.63, 3.8) is 0 Å². The molecule has 1 aliphatic heterocycles. The van der Waals surface area contributed by atoms with E-state index in [1.54, 1.807) is 7.11 Å². The van der Waals surface area contributed by atoms with Crippen LogP contribution in [0.2, 0.25) is 0 Å². The fourth-order valence-electron chi connectivity index (χ4n) is 4.93. The molecule has 34 heavy (non-hydrogen) atoms. The fourth-order valence-corrected chi connectivity index (χ4v) is 4.93. The molecule has 0 unspecified atom stereocenters. The van der Waals surface area contributed by atoms with Crippen molar-refractivity contribution in [3.05, 3.63) is 95.6 Å². The third kappa shape index (κ3) is 5.87. The van der Waals surface area contributed by atoms with Crippen LogP contribution in [0.4, 0.5) is 0 Å². The summed E-state index contributed by atoms with van der Waals surface area (Å²) in [6.07, 6.45) is 3.34. The molecule has 0 radical (unpaired) electrons. The quantitative estimate of drug-likeness (QED) is 0.321. The zero-order chi connectivity index (χ0) is 23.8. The molecule has 0 aromatic heterocycles. The first-order valence-electron chi connectivity index (χ1n) is 12.4. The van der Waals surface area contributed by atoms with E-state index in [2.05, 4.69) is 36.1 Å². The van der Waals surface area contributed by atoms with Crippen molar-refractivity contribution in [2.24, 2.45) is 5.92 Å². The van der Waals surface area contributed by atoms with Gasteiger partial charge >= 0.3 is 0 Å². The molecule has 0 aliphatic carbocycles. The highest BCUT2D eigenvalue weighted by molar-refractivity contribution is 5.98. The number of hydrogen-bond acceptors (Lipinski definition) is 4. The molecule has 2 atom stereocenters. The van der Waals surface area contributed by atoms with Crippen LogP contribution in [-0.2, 0) is 0 Å². The second-order valence-corrected chi connectivity index (χ2v) is 8.96. The molecule has 1 aliphatic rings. The molecule has 1 fully saturated rings. The molecule has 3 aromatic carbocycles. The highest BCUT2D eigenvalue weighted by Crippen LogP contribution is 2.37. The maximum atomic E-state index is 13.6. The summed E-state index contributed by atoms with van der Waals surface area (Å²) in [4.78, 5) is 16.0. The zero-order valence-corrected chi connectivity index (χ0v) is 20.3. The van der Waals surface area contributed by atoms with E-state index in [0.29, 0.717) is 6.61 Å². The topological polar surface area (TPSA) is 38.8 Å². The first kappa shape index (κ1) is 24.0. The summed E-state index contributed by atoms with van der Waals surface area (Å²) >= 11 is 0. The SMILES string of the molecule is CC[C@H](C(=O)c1ccccc1)[C@@H](c1ccc(OC)cc1)c1ccc(OCCN2CCCC2)cc1. The van der Waals surface area contributed by atoms with Crippen molar-refractivity contribution in [2.45, 2.75) is 32.1 Å². The van der Waals surface area contributed by atoms with Crippen molar-refractivity contribution < 1.29 is 14.3 Å². The van der Waals surface area contributed by atoms with Crippen LogP contribution in [0.25, 0.3) is 0 Å². The standard InChI is InChI=1S/C30H35NO3/c1-3-28(30(32)25-9-5-4-6-10-25)29(23-11-15-26(33-2)16-12-23)24-13-17-27(18-14-24)34-22-21-31-19-7-8-20-31/h4-6,9-18,28-29H,3,7-8,19-22H2,1-2H3/t28-,29-/m0/s1. The second-order valence-electron chi connectivity index (χ2n) is 8.96. The summed E-state index contributed by atoms with van der Waals surface area (Å²) in [5.41, 5.74) is 2.99. The molecule has 0 amide bonds. The Labute approximate surface area is 203 Å². The van der Waals surface area contributed by atoms with Crippen LogP contribution in [-0.4, -0.2) is 44.0 Å². The number of methoxy groups -OCH3 is 1. The van der Waals surface area contributed by atoms with Crippen molar-refractivity contribution in [3.8, 4) is 11.5 Å². The van der Waals surface area contributed by atoms with Crippen LogP contribution < -0.4 is 9.47 Å². The molecule has 0 spiro atoms. The lowest BCUT2D eigenvalue weighted by Crippen LogP contribution is -2.25. The van der Waals surface area contributed by atoms with E-state index < -0.39 is 0 Å². The smallest absolute Gasteiger partial charge is 0.166 e. The van der Waals surface area contributed by atoms with E-state index in [1.165, 1.54) is 25.9 Å². The van der Waals surface area contributed by atoms with Crippen LogP contribution in [0.3, 0.4) is 0 Å². The van der Waals surface area contributed by atoms with E-state index in [4.69, 9.17) is 9.47 Å². The number of Topliss-reactive ketones (excluding diaryl/α,β-unsaturated/α-hetero) is 1. The van der Waals surface area contributed by atoms with Crippen molar-refractivity contribution in [2.75, 3.05) is 33.4 Å². The van der Waals surface area contributed by atoms with E-state index >= 15 is 0 Å². The number of carbonyl (C=O) groups is 1. The molecule has 4 heteroatoms. The van der Waals surface area contributed by atoms with Crippen molar-refractivity contribution in [1.82, 2.24) is 4.90 Å². The summed E-state index contributed by atoms with van der Waals surface area (Å²) < 4.78 is 11.4. The molecule has 178 valence electrons. The number of rotatable bonds is 11. The first-order chi connectivity index (χ1) is 16.7. The number of ketones is 1. The highest BCUT2D eigenvalue weighted by Gasteiger charge is 2.30. The monoisotopic (exact) mass is 457 g/mol. The maximum absolute atomic E-state index is 13.6. The van der Waals surface area contributed by atoms with Crippen LogP contribution in [0, 0.1) is 5.92 Å². The highest BCUT2D eigenvalue weighted by atomic mass is 16.5. The third-order valence-electron chi connectivity index (χ3n) is 6.83. The Bertz CT molecular complexity index is 1020. The van der Waals surface area contributed by atoms with Crippen molar-refractivity contribution in [1.29, 1.82) is 0 Å². The normalized spacial score (nSPS) is 15.6. The molecule has 0 bridgehead atoms. The lowest BCUT2D eigenvalue weighted by atomic mass is 9.76. The first-order valence-corrected chi connectivity index (χ1v) is 12.4. The Hall–Kier alpha value is -3.11. The van der Waals surface area contributed by atoms with Gasteiger partial charge in [-0.25, -0.2) is 0 Å². The van der Waals surface area contributed by atoms with Gasteiger partial charge < -0.3 is 9.47 Å². The summed E-state index contributed by atoms with van der Waals surface area (Å²) in [5.74, 6) is 1.64. The third-order valence-corrected chi connectivity index (χ3v) is 6.83. The summed E-state index contributed by atoms with van der Waals surface area (Å²) in [6.45, 7) is 6.13. The molecule has 3 aromatic rings. The minimum Gasteiger partial charge on any atom is -0.497 e. The van der Waals surface area contributed by atoms with Gasteiger partial charge in [-0.1, -0.05) is 61.5 Å². The minimum atomic E-state index is -0.169. The Kier molecular flexibility index (Phi) is 8.37. The average Bonchev–Trinajstić information content (AvgIpc) is 3.42. The van der Waals surface area contributed by atoms with Gasteiger partial charge in [0.1, 0.15) is 18.1 Å². The van der Waals surface area contributed by atoms with Gasteiger partial charge in [-0.2, -0.15) is 0 Å². The number of benzene rings is 3. The summed E-state index contributed by atoms with van der Waals surface area (Å²) in [6, 6.07) is 26.0.